The Morgan fingerprint density at radius 1 is 1.21 bits per heavy atom. The Morgan fingerprint density at radius 2 is 2.06 bits per heavy atom. The van der Waals surface area contributed by atoms with E-state index < -0.39 is 5.41 Å². The van der Waals surface area contributed by atoms with Gasteiger partial charge in [-0.2, -0.15) is 5.26 Å². The summed E-state index contributed by atoms with van der Waals surface area (Å²) in [5.41, 5.74) is 3.24. The lowest BCUT2D eigenvalue weighted by molar-refractivity contribution is 0.0757. The normalized spacial score (nSPS) is 20.2. The zero-order valence-corrected chi connectivity index (χ0v) is 18.8. The highest BCUT2D eigenvalue weighted by atomic mass is 16.5. The van der Waals surface area contributed by atoms with Crippen LogP contribution >= 0.6 is 0 Å². The molecule has 168 valence electrons. The minimum absolute atomic E-state index is 0.193. The maximum absolute atomic E-state index is 12.9. The van der Waals surface area contributed by atoms with Gasteiger partial charge in [0.2, 0.25) is 0 Å². The van der Waals surface area contributed by atoms with E-state index in [4.69, 9.17) is 9.72 Å². The number of nitrogens with one attached hydrogen (secondary N) is 1. The molecular formula is C26H27N5O2. The number of hydrogen-bond acceptors (Lipinski definition) is 6. The van der Waals surface area contributed by atoms with Gasteiger partial charge in [0.05, 0.1) is 37.0 Å². The van der Waals surface area contributed by atoms with E-state index in [-0.39, 0.29) is 5.91 Å². The van der Waals surface area contributed by atoms with Crippen LogP contribution in [0.2, 0.25) is 0 Å². The molecule has 1 aromatic carbocycles. The van der Waals surface area contributed by atoms with Crippen molar-refractivity contribution in [3.05, 3.63) is 65.0 Å². The first-order valence-corrected chi connectivity index (χ1v) is 11.5. The van der Waals surface area contributed by atoms with E-state index in [0.717, 1.165) is 46.6 Å². The van der Waals surface area contributed by atoms with Gasteiger partial charge in [-0.25, -0.2) is 4.98 Å². The van der Waals surface area contributed by atoms with Crippen molar-refractivity contribution in [1.29, 1.82) is 5.26 Å². The average Bonchev–Trinajstić information content (AvgIpc) is 2.87. The molecule has 2 aliphatic rings. The highest BCUT2D eigenvalue weighted by Gasteiger charge is 2.33. The fourth-order valence-electron chi connectivity index (χ4n) is 4.61. The second kappa shape index (κ2) is 8.80. The van der Waals surface area contributed by atoms with Crippen molar-refractivity contribution in [1.82, 2.24) is 15.3 Å². The van der Waals surface area contributed by atoms with Crippen LogP contribution in [-0.4, -0.2) is 35.6 Å². The van der Waals surface area contributed by atoms with Crippen LogP contribution in [0.3, 0.4) is 0 Å². The van der Waals surface area contributed by atoms with E-state index in [9.17, 15) is 10.1 Å². The summed E-state index contributed by atoms with van der Waals surface area (Å²) in [6.07, 6.45) is 5.50. The highest BCUT2D eigenvalue weighted by Crippen LogP contribution is 2.32. The minimum Gasteiger partial charge on any atom is -0.375 e. The number of nitrogens with zero attached hydrogens (tertiary/aromatic N) is 4. The molecular weight excluding hydrogens is 414 g/mol. The van der Waals surface area contributed by atoms with Gasteiger partial charge >= 0.3 is 0 Å². The first-order valence-electron chi connectivity index (χ1n) is 11.5. The lowest BCUT2D eigenvalue weighted by atomic mass is 9.79. The molecule has 4 heterocycles. The summed E-state index contributed by atoms with van der Waals surface area (Å²) in [6, 6.07) is 13.9. The number of hydrogen-bond donors (Lipinski definition) is 1. The van der Waals surface area contributed by atoms with Crippen LogP contribution in [0.4, 0.5) is 5.82 Å². The van der Waals surface area contributed by atoms with Crippen molar-refractivity contribution in [3.8, 4) is 6.07 Å². The SMILES string of the molecule is C[C@@]1(C#N)COCc2ccc(C(=O)NCc3cc4nc(N5CCCCC5)ccc4cn3)cc21. The molecule has 0 aliphatic carbocycles. The molecule has 0 saturated carbocycles. The number of amides is 1. The Balaban J connectivity index is 1.32. The number of pyridine rings is 2. The van der Waals surface area contributed by atoms with Crippen molar-refractivity contribution >= 4 is 22.6 Å². The van der Waals surface area contributed by atoms with Crippen LogP contribution in [-0.2, 0) is 23.3 Å². The number of rotatable bonds is 4. The predicted molar refractivity (Wildman–Crippen MR) is 126 cm³/mol. The topological polar surface area (TPSA) is 91.1 Å². The van der Waals surface area contributed by atoms with Gasteiger partial charge < -0.3 is 15.0 Å². The summed E-state index contributed by atoms with van der Waals surface area (Å²) in [6.45, 7) is 5.03. The van der Waals surface area contributed by atoms with Gasteiger partial charge in [0.1, 0.15) is 11.2 Å². The van der Waals surface area contributed by atoms with Crippen LogP contribution in [0.5, 0.6) is 0 Å². The number of ether oxygens (including phenoxy) is 1. The molecule has 1 N–H and O–H groups in total. The molecule has 0 spiro atoms. The molecule has 2 aromatic heterocycles. The Bertz CT molecular complexity index is 1250. The second-order valence-electron chi connectivity index (χ2n) is 9.08. The number of anilines is 1. The number of fused-ring (bicyclic) bond motifs is 2. The third-order valence-corrected chi connectivity index (χ3v) is 6.59. The zero-order chi connectivity index (χ0) is 22.8. The summed E-state index contributed by atoms with van der Waals surface area (Å²) in [5, 5.41) is 13.6. The molecule has 5 rings (SSSR count). The lowest BCUT2D eigenvalue weighted by Gasteiger charge is -2.30. The molecule has 1 fully saturated rings. The van der Waals surface area contributed by atoms with E-state index in [0.29, 0.717) is 25.3 Å². The molecule has 2 aliphatic heterocycles. The smallest absolute Gasteiger partial charge is 0.251 e. The first-order chi connectivity index (χ1) is 16.1. The van der Waals surface area contributed by atoms with Gasteiger partial charge in [-0.1, -0.05) is 6.07 Å². The molecule has 0 bridgehead atoms. The first kappa shape index (κ1) is 21.4. The van der Waals surface area contributed by atoms with Crippen LogP contribution in [0.1, 0.15) is 53.4 Å². The standard InChI is InChI=1S/C26H27N5O2/c1-26(16-27)17-33-15-20-6-5-18(11-22(20)26)25(32)29-14-21-12-23-19(13-28-21)7-8-24(30-23)31-9-3-2-4-10-31/h5-8,11-13H,2-4,9-10,14-15,17H2,1H3,(H,29,32)/t26-/m1/s1. The summed E-state index contributed by atoms with van der Waals surface area (Å²) in [5.74, 6) is 0.809. The lowest BCUT2D eigenvalue weighted by Crippen LogP contribution is -2.33. The monoisotopic (exact) mass is 441 g/mol. The van der Waals surface area contributed by atoms with Crippen molar-refractivity contribution < 1.29 is 9.53 Å². The fraction of sp³-hybridized carbons (Fsp3) is 0.385. The Labute approximate surface area is 193 Å². The Hall–Kier alpha value is -3.50. The van der Waals surface area contributed by atoms with Crippen LogP contribution in [0.15, 0.2) is 42.6 Å². The summed E-state index contributed by atoms with van der Waals surface area (Å²) in [4.78, 5) is 24.5. The van der Waals surface area contributed by atoms with Gasteiger partial charge in [0.15, 0.2) is 0 Å². The second-order valence-corrected chi connectivity index (χ2v) is 9.08. The maximum atomic E-state index is 12.9. The van der Waals surface area contributed by atoms with E-state index in [2.05, 4.69) is 33.4 Å². The number of carbonyl (C=O) groups excluding carboxylic acids is 1. The predicted octanol–water partition coefficient (Wildman–Crippen LogP) is 3.86. The van der Waals surface area contributed by atoms with Crippen molar-refractivity contribution in [3.63, 3.8) is 0 Å². The molecule has 0 radical (unpaired) electrons. The van der Waals surface area contributed by atoms with Crippen molar-refractivity contribution in [2.75, 3.05) is 24.6 Å². The van der Waals surface area contributed by atoms with Crippen LogP contribution in [0, 0.1) is 11.3 Å². The van der Waals surface area contributed by atoms with E-state index in [1.165, 1.54) is 19.3 Å². The number of aromatic nitrogens is 2. The maximum Gasteiger partial charge on any atom is 0.251 e. The van der Waals surface area contributed by atoms with E-state index >= 15 is 0 Å². The molecule has 1 saturated heterocycles. The molecule has 0 unspecified atom stereocenters. The summed E-state index contributed by atoms with van der Waals surface area (Å²) >= 11 is 0. The van der Waals surface area contributed by atoms with Gasteiger partial charge in [-0.15, -0.1) is 0 Å². The highest BCUT2D eigenvalue weighted by molar-refractivity contribution is 5.94. The van der Waals surface area contributed by atoms with Gasteiger partial charge in [-0.05, 0) is 67.6 Å². The van der Waals surface area contributed by atoms with E-state index in [1.807, 2.05) is 25.1 Å². The molecule has 3 aromatic rings. The summed E-state index contributed by atoms with van der Waals surface area (Å²) in [7, 11) is 0. The molecule has 7 heteroatoms. The largest absolute Gasteiger partial charge is 0.375 e. The van der Waals surface area contributed by atoms with Gasteiger partial charge in [0, 0.05) is 30.2 Å². The van der Waals surface area contributed by atoms with Gasteiger partial charge in [-0.3, -0.25) is 9.78 Å². The minimum atomic E-state index is -0.749. The zero-order valence-electron chi connectivity index (χ0n) is 18.8. The fourth-order valence-corrected chi connectivity index (χ4v) is 4.61. The number of nitriles is 1. The van der Waals surface area contributed by atoms with Crippen molar-refractivity contribution in [2.24, 2.45) is 0 Å². The molecule has 33 heavy (non-hydrogen) atoms. The summed E-state index contributed by atoms with van der Waals surface area (Å²) < 4.78 is 5.55. The molecule has 1 amide bonds. The third-order valence-electron chi connectivity index (χ3n) is 6.59. The van der Waals surface area contributed by atoms with Crippen molar-refractivity contribution in [2.45, 2.75) is 44.8 Å². The van der Waals surface area contributed by atoms with Gasteiger partial charge in [0.25, 0.3) is 5.91 Å². The Kier molecular flexibility index (Phi) is 5.69. The number of piperidine rings is 1. The molecule has 1 atom stereocenters. The van der Waals surface area contributed by atoms with Crippen LogP contribution in [0.25, 0.3) is 10.9 Å². The van der Waals surface area contributed by atoms with E-state index in [1.54, 1.807) is 12.3 Å². The average molecular weight is 442 g/mol. The number of benzene rings is 1. The Morgan fingerprint density at radius 3 is 2.88 bits per heavy atom. The quantitative estimate of drug-likeness (QED) is 0.661. The third kappa shape index (κ3) is 4.27. The number of carbonyl (C=O) groups is 1. The molecule has 7 nitrogen and oxygen atoms in total. The van der Waals surface area contributed by atoms with Crippen LogP contribution < -0.4 is 10.2 Å².